The van der Waals surface area contributed by atoms with Crippen LogP contribution in [0.2, 0.25) is 0 Å². The summed E-state index contributed by atoms with van der Waals surface area (Å²) < 4.78 is 0. The SMILES string of the molecule is CC/C=C\C/C=C\C/C=C\CCCCCCCC(=O)N[C@@H](Cc1ccc(O)cc1)C(=O)O. The standard InChI is InChI=1S/C27H39NO4/c1-2-3-4-5-6-7-8-9-10-11-12-13-14-15-16-17-26(30)28-25(27(31)32)22-23-18-20-24(29)21-19-23/h3-4,6-7,9-10,18-21,25,29H,2,5,8,11-17,22H2,1H3,(H,28,30)(H,31,32)/b4-3-,7-6-,10-9-/t25-/m0/s1. The fourth-order valence-corrected chi connectivity index (χ4v) is 3.24. The average Bonchev–Trinajstić information content (AvgIpc) is 2.77. The van der Waals surface area contributed by atoms with Crippen molar-refractivity contribution in [2.75, 3.05) is 0 Å². The van der Waals surface area contributed by atoms with Gasteiger partial charge in [-0.3, -0.25) is 4.79 Å². The quantitative estimate of drug-likeness (QED) is 0.202. The Morgan fingerprint density at radius 2 is 1.47 bits per heavy atom. The summed E-state index contributed by atoms with van der Waals surface area (Å²) in [5.74, 6) is -1.15. The zero-order valence-corrected chi connectivity index (χ0v) is 19.3. The number of hydrogen-bond donors (Lipinski definition) is 3. The summed E-state index contributed by atoms with van der Waals surface area (Å²) in [7, 11) is 0. The molecular weight excluding hydrogens is 402 g/mol. The van der Waals surface area contributed by atoms with Crippen molar-refractivity contribution in [3.63, 3.8) is 0 Å². The number of phenols is 1. The van der Waals surface area contributed by atoms with Gasteiger partial charge in [-0.05, 0) is 56.2 Å². The van der Waals surface area contributed by atoms with Crippen molar-refractivity contribution < 1.29 is 19.8 Å². The minimum atomic E-state index is -1.05. The van der Waals surface area contributed by atoms with Gasteiger partial charge in [-0.15, -0.1) is 0 Å². The van der Waals surface area contributed by atoms with Crippen LogP contribution in [-0.4, -0.2) is 28.1 Å². The molecule has 0 aromatic heterocycles. The monoisotopic (exact) mass is 441 g/mol. The Balaban J connectivity index is 2.08. The minimum absolute atomic E-state index is 0.129. The number of aromatic hydroxyl groups is 1. The van der Waals surface area contributed by atoms with Crippen LogP contribution in [0.25, 0.3) is 0 Å². The molecule has 1 aromatic carbocycles. The summed E-state index contributed by atoms with van der Waals surface area (Å²) in [5, 5.41) is 21.3. The third kappa shape index (κ3) is 14.2. The Kier molecular flexibility index (Phi) is 15.2. The van der Waals surface area contributed by atoms with E-state index in [-0.39, 0.29) is 18.1 Å². The largest absolute Gasteiger partial charge is 0.508 e. The lowest BCUT2D eigenvalue weighted by atomic mass is 10.0. The van der Waals surface area contributed by atoms with Crippen LogP contribution < -0.4 is 5.32 Å². The number of carboxylic acid groups (broad SMARTS) is 1. The van der Waals surface area contributed by atoms with Crippen molar-refractivity contribution in [1.82, 2.24) is 5.32 Å². The summed E-state index contributed by atoms with van der Waals surface area (Å²) in [6.07, 6.45) is 23.0. The summed E-state index contributed by atoms with van der Waals surface area (Å²) in [5.41, 5.74) is 0.754. The number of hydrogen-bond acceptors (Lipinski definition) is 3. The molecule has 0 aliphatic rings. The molecule has 0 heterocycles. The van der Waals surface area contributed by atoms with Crippen LogP contribution in [0.4, 0.5) is 0 Å². The van der Waals surface area contributed by atoms with E-state index in [9.17, 15) is 19.8 Å². The number of nitrogens with one attached hydrogen (secondary N) is 1. The van der Waals surface area contributed by atoms with E-state index in [4.69, 9.17) is 0 Å². The van der Waals surface area contributed by atoms with Crippen LogP contribution >= 0.6 is 0 Å². The van der Waals surface area contributed by atoms with Crippen LogP contribution in [0.1, 0.15) is 76.7 Å². The van der Waals surface area contributed by atoms with Gasteiger partial charge in [0.15, 0.2) is 0 Å². The van der Waals surface area contributed by atoms with Crippen LogP contribution in [0.15, 0.2) is 60.7 Å². The molecule has 0 spiro atoms. The van der Waals surface area contributed by atoms with Gasteiger partial charge in [0.2, 0.25) is 5.91 Å². The molecule has 0 aliphatic heterocycles. The second-order valence-electron chi connectivity index (χ2n) is 7.93. The van der Waals surface area contributed by atoms with Crippen molar-refractivity contribution in [2.45, 2.75) is 83.6 Å². The fraction of sp³-hybridized carbons (Fsp3) is 0.481. The highest BCUT2D eigenvalue weighted by Gasteiger charge is 2.20. The zero-order valence-electron chi connectivity index (χ0n) is 19.3. The molecule has 0 aliphatic carbocycles. The topological polar surface area (TPSA) is 86.6 Å². The smallest absolute Gasteiger partial charge is 0.326 e. The first-order valence-corrected chi connectivity index (χ1v) is 11.8. The van der Waals surface area contributed by atoms with Gasteiger partial charge < -0.3 is 15.5 Å². The van der Waals surface area contributed by atoms with E-state index in [0.717, 1.165) is 63.4 Å². The van der Waals surface area contributed by atoms with Gasteiger partial charge in [0, 0.05) is 12.8 Å². The summed E-state index contributed by atoms with van der Waals surface area (Å²) in [6.45, 7) is 2.14. The molecule has 0 saturated carbocycles. The molecule has 1 atom stereocenters. The molecule has 0 unspecified atom stereocenters. The number of aliphatic carboxylic acids is 1. The second kappa shape index (κ2) is 17.8. The van der Waals surface area contributed by atoms with Crippen LogP contribution in [0.3, 0.4) is 0 Å². The number of amides is 1. The van der Waals surface area contributed by atoms with Gasteiger partial charge >= 0.3 is 5.97 Å². The van der Waals surface area contributed by atoms with Crippen molar-refractivity contribution in [3.8, 4) is 5.75 Å². The van der Waals surface area contributed by atoms with Gasteiger partial charge in [-0.1, -0.05) is 74.8 Å². The summed E-state index contributed by atoms with van der Waals surface area (Å²) >= 11 is 0. The first kappa shape index (κ1) is 27.2. The van der Waals surface area contributed by atoms with Gasteiger partial charge in [0.05, 0.1) is 0 Å². The molecule has 1 amide bonds. The lowest BCUT2D eigenvalue weighted by Gasteiger charge is -2.14. The molecule has 32 heavy (non-hydrogen) atoms. The maximum Gasteiger partial charge on any atom is 0.326 e. The number of carbonyl (C=O) groups is 2. The highest BCUT2D eigenvalue weighted by atomic mass is 16.4. The molecule has 5 heteroatoms. The molecule has 0 fully saturated rings. The molecule has 1 rings (SSSR count). The normalized spacial score (nSPS) is 12.7. The third-order valence-electron chi connectivity index (χ3n) is 5.06. The lowest BCUT2D eigenvalue weighted by molar-refractivity contribution is -0.141. The predicted molar refractivity (Wildman–Crippen MR) is 131 cm³/mol. The highest BCUT2D eigenvalue weighted by molar-refractivity contribution is 5.83. The van der Waals surface area contributed by atoms with Crippen molar-refractivity contribution in [2.24, 2.45) is 0 Å². The molecule has 3 N–H and O–H groups in total. The van der Waals surface area contributed by atoms with E-state index < -0.39 is 12.0 Å². The number of carbonyl (C=O) groups excluding carboxylic acids is 1. The molecule has 0 bridgehead atoms. The fourth-order valence-electron chi connectivity index (χ4n) is 3.24. The van der Waals surface area contributed by atoms with Crippen molar-refractivity contribution >= 4 is 11.9 Å². The number of rotatable bonds is 17. The molecule has 5 nitrogen and oxygen atoms in total. The van der Waals surface area contributed by atoms with E-state index in [1.807, 2.05) is 0 Å². The lowest BCUT2D eigenvalue weighted by Crippen LogP contribution is -2.42. The first-order valence-electron chi connectivity index (χ1n) is 11.8. The summed E-state index contributed by atoms with van der Waals surface area (Å²) in [4.78, 5) is 23.5. The average molecular weight is 442 g/mol. The van der Waals surface area contributed by atoms with Gasteiger partial charge in [0.25, 0.3) is 0 Å². The van der Waals surface area contributed by atoms with Gasteiger partial charge in [-0.25, -0.2) is 4.79 Å². The third-order valence-corrected chi connectivity index (χ3v) is 5.06. The summed E-state index contributed by atoms with van der Waals surface area (Å²) in [6, 6.07) is 5.39. The number of allylic oxidation sites excluding steroid dienone is 6. The number of phenolic OH excluding ortho intramolecular Hbond substituents is 1. The van der Waals surface area contributed by atoms with E-state index >= 15 is 0 Å². The first-order chi connectivity index (χ1) is 15.5. The number of benzene rings is 1. The number of unbranched alkanes of at least 4 members (excludes halogenated alkanes) is 5. The Hall–Kier alpha value is -2.82. The van der Waals surface area contributed by atoms with E-state index in [1.54, 1.807) is 12.1 Å². The van der Waals surface area contributed by atoms with Crippen molar-refractivity contribution in [3.05, 3.63) is 66.3 Å². The van der Waals surface area contributed by atoms with Gasteiger partial charge in [-0.2, -0.15) is 0 Å². The molecular formula is C27H39NO4. The van der Waals surface area contributed by atoms with E-state index in [2.05, 4.69) is 48.7 Å². The van der Waals surface area contributed by atoms with Crippen LogP contribution in [0.5, 0.6) is 5.75 Å². The molecule has 176 valence electrons. The van der Waals surface area contributed by atoms with E-state index in [0.29, 0.717) is 6.42 Å². The van der Waals surface area contributed by atoms with Crippen LogP contribution in [-0.2, 0) is 16.0 Å². The Bertz CT molecular complexity index is 735. The van der Waals surface area contributed by atoms with Crippen molar-refractivity contribution in [1.29, 1.82) is 0 Å². The predicted octanol–water partition coefficient (Wildman–Crippen LogP) is 6.09. The molecule has 0 radical (unpaired) electrons. The maximum absolute atomic E-state index is 12.1. The minimum Gasteiger partial charge on any atom is -0.508 e. The Labute approximate surface area is 192 Å². The zero-order chi connectivity index (χ0) is 23.4. The van der Waals surface area contributed by atoms with E-state index in [1.165, 1.54) is 12.1 Å². The maximum atomic E-state index is 12.1. The Morgan fingerprint density at radius 1 is 0.875 bits per heavy atom. The number of carboxylic acids is 1. The van der Waals surface area contributed by atoms with Gasteiger partial charge in [0.1, 0.15) is 11.8 Å². The molecule has 1 aromatic rings. The molecule has 0 saturated heterocycles. The highest BCUT2D eigenvalue weighted by Crippen LogP contribution is 2.12. The Morgan fingerprint density at radius 3 is 2.12 bits per heavy atom. The van der Waals surface area contributed by atoms with Crippen LogP contribution in [0, 0.1) is 0 Å². The second-order valence-corrected chi connectivity index (χ2v) is 7.93.